The minimum atomic E-state index is -0.467. The second kappa shape index (κ2) is 9.01. The van der Waals surface area contributed by atoms with Gasteiger partial charge in [0, 0.05) is 18.0 Å². The Labute approximate surface area is 181 Å². The molecule has 2 heterocycles. The molecule has 166 valence electrons. The first-order chi connectivity index (χ1) is 14.2. The number of hydrogen-bond donors (Lipinski definition) is 3. The fraction of sp³-hybridized carbons (Fsp3) is 0.640. The third-order valence-corrected chi connectivity index (χ3v) is 7.04. The molecule has 30 heavy (non-hydrogen) atoms. The molecule has 2 aliphatic heterocycles. The summed E-state index contributed by atoms with van der Waals surface area (Å²) in [5.41, 5.74) is 8.34. The molecule has 0 saturated heterocycles. The van der Waals surface area contributed by atoms with Crippen LogP contribution in [0.3, 0.4) is 0 Å². The molecule has 4 N–H and O–H groups in total. The summed E-state index contributed by atoms with van der Waals surface area (Å²) >= 11 is 0. The van der Waals surface area contributed by atoms with Gasteiger partial charge < -0.3 is 20.9 Å². The van der Waals surface area contributed by atoms with Gasteiger partial charge in [-0.3, -0.25) is 4.79 Å². The summed E-state index contributed by atoms with van der Waals surface area (Å²) < 4.78 is 6.44. The average molecular weight is 415 g/mol. The van der Waals surface area contributed by atoms with Crippen LogP contribution in [0.2, 0.25) is 0 Å². The first-order valence-corrected chi connectivity index (χ1v) is 11.5. The van der Waals surface area contributed by atoms with Crippen LogP contribution in [0.25, 0.3) is 5.57 Å². The number of ketones is 1. The van der Waals surface area contributed by atoms with E-state index in [-0.39, 0.29) is 24.0 Å². The van der Waals surface area contributed by atoms with Crippen LogP contribution in [0.1, 0.15) is 83.8 Å². The van der Waals surface area contributed by atoms with E-state index in [0.717, 1.165) is 17.6 Å². The number of rotatable bonds is 8. The molecule has 1 aromatic carbocycles. The molecule has 2 aliphatic rings. The van der Waals surface area contributed by atoms with Crippen molar-refractivity contribution in [3.05, 3.63) is 29.0 Å². The quantitative estimate of drug-likeness (QED) is 0.536. The molecule has 3 rings (SSSR count). The molecule has 0 saturated carbocycles. The Morgan fingerprint density at radius 2 is 2.07 bits per heavy atom. The van der Waals surface area contributed by atoms with Crippen LogP contribution in [0, 0.1) is 11.8 Å². The molecule has 0 bridgehead atoms. The molecular formula is C25H38N2O3. The van der Waals surface area contributed by atoms with Crippen molar-refractivity contribution >= 4 is 11.4 Å². The zero-order valence-electron chi connectivity index (χ0n) is 19.2. The second-order valence-electron chi connectivity index (χ2n) is 9.56. The first-order valence-electron chi connectivity index (χ1n) is 11.5. The number of Topliss-reactive ketones (excluding diaryl/α,β-unsaturated/α-hetero) is 1. The normalized spacial score (nSPS) is 21.7. The van der Waals surface area contributed by atoms with Gasteiger partial charge in [0.15, 0.2) is 5.78 Å². The lowest BCUT2D eigenvalue weighted by Gasteiger charge is -2.45. The van der Waals surface area contributed by atoms with Gasteiger partial charge in [0.1, 0.15) is 17.1 Å². The number of carbonyl (C=O) groups excluding carboxylic acids is 1. The van der Waals surface area contributed by atoms with Crippen LogP contribution in [-0.4, -0.2) is 29.6 Å². The minimum Gasteiger partial charge on any atom is -0.507 e. The zero-order valence-corrected chi connectivity index (χ0v) is 19.2. The largest absolute Gasteiger partial charge is 0.507 e. The maximum atomic E-state index is 12.6. The lowest BCUT2D eigenvalue weighted by atomic mass is 9.72. The van der Waals surface area contributed by atoms with Gasteiger partial charge in [-0.15, -0.1) is 0 Å². The highest BCUT2D eigenvalue weighted by atomic mass is 16.5. The van der Waals surface area contributed by atoms with Crippen molar-refractivity contribution in [1.82, 2.24) is 5.32 Å². The number of nitrogens with one attached hydrogen (secondary N) is 1. The summed E-state index contributed by atoms with van der Waals surface area (Å²) in [4.78, 5) is 12.6. The predicted molar refractivity (Wildman–Crippen MR) is 122 cm³/mol. The zero-order chi connectivity index (χ0) is 22.1. The second-order valence-corrected chi connectivity index (χ2v) is 9.56. The highest BCUT2D eigenvalue weighted by Gasteiger charge is 2.45. The fourth-order valence-electron chi connectivity index (χ4n) is 4.99. The summed E-state index contributed by atoms with van der Waals surface area (Å²) in [6.07, 6.45) is 5.72. The maximum Gasteiger partial charge on any atom is 0.192 e. The summed E-state index contributed by atoms with van der Waals surface area (Å²) in [5.74, 6) is 1.59. The summed E-state index contributed by atoms with van der Waals surface area (Å²) in [5, 5.41) is 14.3. The lowest BCUT2D eigenvalue weighted by Crippen LogP contribution is -2.47. The van der Waals surface area contributed by atoms with Gasteiger partial charge in [-0.05, 0) is 49.8 Å². The van der Waals surface area contributed by atoms with E-state index in [9.17, 15) is 9.90 Å². The fourth-order valence-corrected chi connectivity index (χ4v) is 4.99. The number of ether oxygens (including phenoxy) is 1. The number of fused-ring (bicyclic) bond motifs is 3. The molecule has 5 nitrogen and oxygen atoms in total. The van der Waals surface area contributed by atoms with Gasteiger partial charge in [0.2, 0.25) is 0 Å². The summed E-state index contributed by atoms with van der Waals surface area (Å²) in [6, 6.07) is 3.94. The van der Waals surface area contributed by atoms with Crippen molar-refractivity contribution < 1.29 is 14.6 Å². The molecule has 0 aliphatic carbocycles. The van der Waals surface area contributed by atoms with Crippen molar-refractivity contribution in [3.8, 4) is 11.5 Å². The number of aromatic hydroxyl groups is 1. The Bertz CT molecular complexity index is 828. The van der Waals surface area contributed by atoms with Gasteiger partial charge in [-0.2, -0.15) is 0 Å². The minimum absolute atomic E-state index is 0.0268. The van der Waals surface area contributed by atoms with Crippen LogP contribution in [-0.2, 0) is 4.79 Å². The summed E-state index contributed by atoms with van der Waals surface area (Å²) in [7, 11) is 0. The van der Waals surface area contributed by atoms with Crippen LogP contribution in [0.15, 0.2) is 17.8 Å². The third kappa shape index (κ3) is 4.22. The van der Waals surface area contributed by atoms with Crippen LogP contribution >= 0.6 is 0 Å². The molecule has 5 heteroatoms. The van der Waals surface area contributed by atoms with Crippen LogP contribution in [0.4, 0.5) is 0 Å². The molecule has 3 unspecified atom stereocenters. The topological polar surface area (TPSA) is 84.6 Å². The monoisotopic (exact) mass is 414 g/mol. The van der Waals surface area contributed by atoms with E-state index >= 15 is 0 Å². The average Bonchev–Trinajstić information content (AvgIpc) is 2.71. The van der Waals surface area contributed by atoms with Gasteiger partial charge in [-0.1, -0.05) is 46.5 Å². The van der Waals surface area contributed by atoms with Gasteiger partial charge in [0.05, 0.1) is 17.8 Å². The van der Waals surface area contributed by atoms with E-state index < -0.39 is 5.60 Å². The Balaban J connectivity index is 2.05. The van der Waals surface area contributed by atoms with Crippen LogP contribution in [0.5, 0.6) is 11.5 Å². The van der Waals surface area contributed by atoms with Gasteiger partial charge >= 0.3 is 0 Å². The smallest absolute Gasteiger partial charge is 0.192 e. The number of phenolic OH excluding ortho intramolecular Hbond substituents is 1. The van der Waals surface area contributed by atoms with E-state index in [2.05, 4.69) is 46.0 Å². The molecule has 0 amide bonds. The number of unbranched alkanes of at least 4 members (excludes halogenated alkanes) is 2. The number of hydrogen-bond acceptors (Lipinski definition) is 5. The Morgan fingerprint density at radius 3 is 2.73 bits per heavy atom. The molecule has 0 radical (unpaired) electrons. The molecular weight excluding hydrogens is 376 g/mol. The highest BCUT2D eigenvalue weighted by molar-refractivity contribution is 6.05. The SMILES string of the molecule is CCCCCC(C)C(C)c1cc(O)c2c(c1)OC(C)(C)C1CCNC(C(=O)CN)=C21. The standard InChI is InChI=1S/C25H38N2O3/c1-6-7-8-9-15(2)16(3)17-12-19(28)23-21(13-17)30-25(4,5)18-10-11-27-24(22(18)23)20(29)14-26/h12-13,15-16,18,27-28H,6-11,14,26H2,1-5H3. The molecule has 3 atom stereocenters. The number of nitrogens with two attached hydrogens (primary N) is 1. The van der Waals surface area contributed by atoms with E-state index in [0.29, 0.717) is 35.4 Å². The van der Waals surface area contributed by atoms with E-state index in [4.69, 9.17) is 10.5 Å². The van der Waals surface area contributed by atoms with Crippen molar-refractivity contribution in [3.63, 3.8) is 0 Å². The first kappa shape index (κ1) is 22.7. The van der Waals surface area contributed by atoms with Crippen molar-refractivity contribution in [2.75, 3.05) is 13.1 Å². The van der Waals surface area contributed by atoms with Crippen molar-refractivity contribution in [2.24, 2.45) is 17.6 Å². The van der Waals surface area contributed by atoms with Crippen molar-refractivity contribution in [1.29, 1.82) is 0 Å². The van der Waals surface area contributed by atoms with E-state index in [1.54, 1.807) is 0 Å². The highest BCUT2D eigenvalue weighted by Crippen LogP contribution is 2.52. The van der Waals surface area contributed by atoms with Gasteiger partial charge in [-0.25, -0.2) is 0 Å². The maximum absolute atomic E-state index is 12.6. The van der Waals surface area contributed by atoms with E-state index in [1.165, 1.54) is 25.7 Å². The predicted octanol–water partition coefficient (Wildman–Crippen LogP) is 4.73. The number of phenols is 1. The Kier molecular flexibility index (Phi) is 6.81. The lowest BCUT2D eigenvalue weighted by molar-refractivity contribution is -0.114. The van der Waals surface area contributed by atoms with Crippen LogP contribution < -0.4 is 15.8 Å². The van der Waals surface area contributed by atoms with Gasteiger partial charge in [0.25, 0.3) is 0 Å². The Morgan fingerprint density at radius 1 is 1.33 bits per heavy atom. The molecule has 1 aromatic rings. The Hall–Kier alpha value is -2.01. The molecule has 0 spiro atoms. The van der Waals surface area contributed by atoms with Crippen molar-refractivity contribution in [2.45, 2.75) is 78.2 Å². The molecule has 0 fully saturated rings. The molecule has 0 aromatic heterocycles. The summed E-state index contributed by atoms with van der Waals surface area (Å²) in [6.45, 7) is 11.5. The number of carbonyl (C=O) groups is 1. The third-order valence-electron chi connectivity index (χ3n) is 7.04. The van der Waals surface area contributed by atoms with E-state index in [1.807, 2.05) is 6.07 Å². The number of benzene rings is 1.